The van der Waals surface area contributed by atoms with Gasteiger partial charge in [-0.2, -0.15) is 0 Å². The third kappa shape index (κ3) is 4.94. The molecule has 0 fully saturated rings. The number of sulfonamides is 1. The van der Waals surface area contributed by atoms with Crippen molar-refractivity contribution in [1.82, 2.24) is 4.31 Å². The van der Waals surface area contributed by atoms with Crippen molar-refractivity contribution in [1.29, 1.82) is 0 Å². The Morgan fingerprint density at radius 3 is 2.40 bits per heavy atom. The highest BCUT2D eigenvalue weighted by atomic mass is 32.2. The fraction of sp³-hybridized carbons (Fsp3) is 0.500. The molecule has 5 nitrogen and oxygen atoms in total. The SMILES string of the molecule is CCN(CC(C)C(=O)O)S(=O)(=O)CCc1ccccc1. The van der Waals surface area contributed by atoms with E-state index in [0.717, 1.165) is 5.56 Å². The predicted octanol–water partition coefficient (Wildman–Crippen LogP) is 1.60. The summed E-state index contributed by atoms with van der Waals surface area (Å²) in [6.45, 7) is 3.53. The minimum atomic E-state index is -3.43. The van der Waals surface area contributed by atoms with Crippen LogP contribution < -0.4 is 0 Å². The minimum absolute atomic E-state index is 0.00279. The second kappa shape index (κ2) is 7.40. The van der Waals surface area contributed by atoms with Crippen LogP contribution in [-0.2, 0) is 21.2 Å². The van der Waals surface area contributed by atoms with Crippen LogP contribution in [0.3, 0.4) is 0 Å². The van der Waals surface area contributed by atoms with Crippen molar-refractivity contribution >= 4 is 16.0 Å². The summed E-state index contributed by atoms with van der Waals surface area (Å²) >= 11 is 0. The first kappa shape index (κ1) is 16.7. The van der Waals surface area contributed by atoms with E-state index in [1.165, 1.54) is 11.2 Å². The average molecular weight is 299 g/mol. The summed E-state index contributed by atoms with van der Waals surface area (Å²) in [7, 11) is -3.43. The van der Waals surface area contributed by atoms with Gasteiger partial charge in [-0.3, -0.25) is 4.79 Å². The van der Waals surface area contributed by atoms with Crippen LogP contribution in [0.4, 0.5) is 0 Å². The van der Waals surface area contributed by atoms with Crippen molar-refractivity contribution in [3.63, 3.8) is 0 Å². The van der Waals surface area contributed by atoms with Gasteiger partial charge in [0.05, 0.1) is 11.7 Å². The number of carboxylic acid groups (broad SMARTS) is 1. The highest BCUT2D eigenvalue weighted by molar-refractivity contribution is 7.89. The normalized spacial score (nSPS) is 13.3. The van der Waals surface area contributed by atoms with Gasteiger partial charge in [0.1, 0.15) is 0 Å². The Morgan fingerprint density at radius 2 is 1.90 bits per heavy atom. The van der Waals surface area contributed by atoms with Gasteiger partial charge >= 0.3 is 5.97 Å². The van der Waals surface area contributed by atoms with Gasteiger partial charge in [0, 0.05) is 13.1 Å². The largest absolute Gasteiger partial charge is 0.481 e. The number of nitrogens with zero attached hydrogens (tertiary/aromatic N) is 1. The van der Waals surface area contributed by atoms with Gasteiger partial charge in [-0.1, -0.05) is 44.2 Å². The Bertz CT molecular complexity index is 527. The maximum Gasteiger partial charge on any atom is 0.307 e. The number of aryl methyl sites for hydroxylation is 1. The molecule has 1 N–H and O–H groups in total. The van der Waals surface area contributed by atoms with Gasteiger partial charge in [0.2, 0.25) is 10.0 Å². The van der Waals surface area contributed by atoms with Crippen LogP contribution >= 0.6 is 0 Å². The molecule has 0 radical (unpaired) electrons. The number of aliphatic carboxylic acids is 1. The molecule has 1 atom stereocenters. The molecule has 112 valence electrons. The van der Waals surface area contributed by atoms with Gasteiger partial charge < -0.3 is 5.11 Å². The molecule has 0 amide bonds. The summed E-state index contributed by atoms with van der Waals surface area (Å²) in [5, 5.41) is 8.88. The molecule has 0 bridgehead atoms. The van der Waals surface area contributed by atoms with Crippen molar-refractivity contribution in [3.05, 3.63) is 35.9 Å². The molecule has 1 unspecified atom stereocenters. The molecule has 0 aliphatic carbocycles. The second-order valence-corrected chi connectivity index (χ2v) is 6.83. The van der Waals surface area contributed by atoms with Crippen LogP contribution in [0.1, 0.15) is 19.4 Å². The summed E-state index contributed by atoms with van der Waals surface area (Å²) in [6.07, 6.45) is 0.432. The molecule has 0 aliphatic rings. The Hall–Kier alpha value is -1.40. The molecular weight excluding hydrogens is 278 g/mol. The summed E-state index contributed by atoms with van der Waals surface area (Å²) in [4.78, 5) is 10.8. The molecule has 20 heavy (non-hydrogen) atoms. The number of rotatable bonds is 8. The van der Waals surface area contributed by atoms with E-state index in [1.54, 1.807) is 6.92 Å². The topological polar surface area (TPSA) is 74.7 Å². The van der Waals surface area contributed by atoms with Crippen molar-refractivity contribution in [2.75, 3.05) is 18.8 Å². The van der Waals surface area contributed by atoms with E-state index in [4.69, 9.17) is 5.11 Å². The lowest BCUT2D eigenvalue weighted by Gasteiger charge is -2.22. The van der Waals surface area contributed by atoms with Gasteiger partial charge in [-0.15, -0.1) is 0 Å². The molecule has 0 aliphatic heterocycles. The first-order chi connectivity index (χ1) is 9.36. The van der Waals surface area contributed by atoms with E-state index in [1.807, 2.05) is 30.3 Å². The lowest BCUT2D eigenvalue weighted by atomic mass is 10.2. The van der Waals surface area contributed by atoms with E-state index in [0.29, 0.717) is 6.42 Å². The quantitative estimate of drug-likeness (QED) is 0.791. The monoisotopic (exact) mass is 299 g/mol. The van der Waals surface area contributed by atoms with Gasteiger partial charge in [0.15, 0.2) is 0 Å². The fourth-order valence-corrected chi connectivity index (χ4v) is 3.44. The smallest absolute Gasteiger partial charge is 0.307 e. The maximum absolute atomic E-state index is 12.2. The predicted molar refractivity (Wildman–Crippen MR) is 78.0 cm³/mol. The van der Waals surface area contributed by atoms with Crippen LogP contribution in [0, 0.1) is 5.92 Å². The number of carbonyl (C=O) groups is 1. The molecule has 0 heterocycles. The van der Waals surface area contributed by atoms with Crippen LogP contribution in [-0.4, -0.2) is 42.6 Å². The van der Waals surface area contributed by atoms with E-state index < -0.39 is 21.9 Å². The van der Waals surface area contributed by atoms with Crippen molar-refractivity contribution in [3.8, 4) is 0 Å². The van der Waals surface area contributed by atoms with Crippen LogP contribution in [0.15, 0.2) is 30.3 Å². The Balaban J connectivity index is 2.67. The molecular formula is C14H21NO4S. The maximum atomic E-state index is 12.2. The molecule has 0 saturated heterocycles. The summed E-state index contributed by atoms with van der Waals surface area (Å²) in [6, 6.07) is 9.38. The third-order valence-electron chi connectivity index (χ3n) is 3.14. The average Bonchev–Trinajstić information content (AvgIpc) is 2.43. The fourth-order valence-electron chi connectivity index (χ4n) is 1.84. The Kier molecular flexibility index (Phi) is 6.16. The molecule has 0 aromatic heterocycles. The van der Waals surface area contributed by atoms with Crippen molar-refractivity contribution in [2.24, 2.45) is 5.92 Å². The van der Waals surface area contributed by atoms with Gasteiger partial charge in [-0.05, 0) is 12.0 Å². The van der Waals surface area contributed by atoms with Gasteiger partial charge in [0.25, 0.3) is 0 Å². The van der Waals surface area contributed by atoms with Gasteiger partial charge in [-0.25, -0.2) is 12.7 Å². The van der Waals surface area contributed by atoms with Crippen LogP contribution in [0.2, 0.25) is 0 Å². The number of carboxylic acids is 1. The first-order valence-corrected chi connectivity index (χ1v) is 8.22. The molecule has 1 aromatic rings. The zero-order chi connectivity index (χ0) is 15.2. The lowest BCUT2D eigenvalue weighted by Crippen LogP contribution is -2.38. The van der Waals surface area contributed by atoms with E-state index in [-0.39, 0.29) is 18.8 Å². The van der Waals surface area contributed by atoms with Crippen LogP contribution in [0.5, 0.6) is 0 Å². The Morgan fingerprint density at radius 1 is 1.30 bits per heavy atom. The molecule has 1 aromatic carbocycles. The number of hydrogen-bond acceptors (Lipinski definition) is 3. The number of benzene rings is 1. The Labute approximate surface area is 120 Å². The first-order valence-electron chi connectivity index (χ1n) is 6.61. The molecule has 6 heteroatoms. The van der Waals surface area contributed by atoms with Crippen molar-refractivity contribution < 1.29 is 18.3 Å². The standard InChI is InChI=1S/C14H21NO4S/c1-3-15(11-12(2)14(16)17)20(18,19)10-9-13-7-5-4-6-8-13/h4-8,12H,3,9-11H2,1-2H3,(H,16,17). The highest BCUT2D eigenvalue weighted by Gasteiger charge is 2.24. The molecule has 0 spiro atoms. The van der Waals surface area contributed by atoms with E-state index >= 15 is 0 Å². The lowest BCUT2D eigenvalue weighted by molar-refractivity contribution is -0.141. The summed E-state index contributed by atoms with van der Waals surface area (Å²) in [5.74, 6) is -1.69. The van der Waals surface area contributed by atoms with E-state index in [9.17, 15) is 13.2 Å². The zero-order valence-corrected chi connectivity index (χ0v) is 12.6. The molecule has 1 rings (SSSR count). The highest BCUT2D eigenvalue weighted by Crippen LogP contribution is 2.10. The summed E-state index contributed by atoms with van der Waals surface area (Å²) < 4.78 is 25.7. The molecule has 0 saturated carbocycles. The number of hydrogen-bond donors (Lipinski definition) is 1. The minimum Gasteiger partial charge on any atom is -0.481 e. The second-order valence-electron chi connectivity index (χ2n) is 4.74. The summed E-state index contributed by atoms with van der Waals surface area (Å²) in [5.41, 5.74) is 0.957. The third-order valence-corrected chi connectivity index (χ3v) is 5.05. The zero-order valence-electron chi connectivity index (χ0n) is 11.8. The van der Waals surface area contributed by atoms with Crippen LogP contribution in [0.25, 0.3) is 0 Å². The van der Waals surface area contributed by atoms with Crippen molar-refractivity contribution in [2.45, 2.75) is 20.3 Å². The van der Waals surface area contributed by atoms with E-state index in [2.05, 4.69) is 0 Å².